The predicted molar refractivity (Wildman–Crippen MR) is 285 cm³/mol. The molecule has 13 nitrogen and oxygen atoms in total. The second kappa shape index (κ2) is 20.6. The minimum atomic E-state index is -0.983. The van der Waals surface area contributed by atoms with Gasteiger partial charge in [-0.3, -0.25) is 24.2 Å². The zero-order valence-corrected chi connectivity index (χ0v) is 44.0. The van der Waals surface area contributed by atoms with E-state index in [0.717, 1.165) is 55.4 Å². The zero-order chi connectivity index (χ0) is 51.2. The van der Waals surface area contributed by atoms with Crippen molar-refractivity contribution >= 4 is 74.9 Å². The van der Waals surface area contributed by atoms with Crippen LogP contribution in [-0.2, 0) is 25.6 Å². The van der Waals surface area contributed by atoms with Gasteiger partial charge in [0.05, 0.1) is 59.8 Å². The molecule has 3 unspecified atom stereocenters. The lowest BCUT2D eigenvalue weighted by molar-refractivity contribution is -0.138. The van der Waals surface area contributed by atoms with Gasteiger partial charge in [-0.15, -0.1) is 22.7 Å². The molecule has 0 fully saturated rings. The van der Waals surface area contributed by atoms with Gasteiger partial charge in [0.2, 0.25) is 11.8 Å². The molecule has 0 radical (unpaired) electrons. The van der Waals surface area contributed by atoms with Crippen molar-refractivity contribution in [1.82, 2.24) is 16.0 Å². The lowest BCUT2D eigenvalue weighted by Crippen LogP contribution is -2.55. The number of Topliss-reactive ketones (excluding diaryl/α,β-unsaturated/α-hetero) is 1. The number of rotatable bonds is 15. The monoisotopic (exact) mass is 1030 g/mol. The van der Waals surface area contributed by atoms with Gasteiger partial charge in [-0.05, 0) is 104 Å². The molecule has 5 heterocycles. The summed E-state index contributed by atoms with van der Waals surface area (Å²) in [5.41, 5.74) is 8.83. The number of aliphatic imine (C=N–C) groups is 1. The number of nitrogens with zero attached hydrogens (tertiary/aromatic N) is 3. The molecule has 0 saturated heterocycles. The van der Waals surface area contributed by atoms with E-state index in [-0.39, 0.29) is 67.7 Å². The van der Waals surface area contributed by atoms with Crippen LogP contribution in [-0.4, -0.2) is 77.1 Å². The standard InChI is InChI=1S/C56H59ClN6O7S2/c1-28-19-22-71-51(28)35-11-9-33(10-12-35)30(3)59-54(67)41-25-38(64)24-40(41)50(66)53(56(6,7)8)61-55(68)44-23-36-15-18-39(26-43(36)70-44)69-21-20-58-45(65)27-42-49-47(31(4)62-63-49)52-46(29(2)32(5)72-52)48(60-42)34-13-16-37(57)17-14-34/h9-19,22,25-26,30,40-42,44,47,53,64H,20-21,23-24,27H2,1-8H3,(H,58,65)(H,59,67)(H,61,68)/t30-,40?,41+,42-,44?,47?,53+/m0/s1. The molecule has 3 aromatic carbocycles. The largest absolute Gasteiger partial charge is 0.513 e. The van der Waals surface area contributed by atoms with Crippen LogP contribution >= 0.6 is 34.3 Å². The van der Waals surface area contributed by atoms with Crippen molar-refractivity contribution in [2.45, 2.75) is 105 Å². The predicted octanol–water partition coefficient (Wildman–Crippen LogP) is 10.1. The topological polar surface area (TPSA) is 180 Å². The molecule has 0 saturated carbocycles. The van der Waals surface area contributed by atoms with Gasteiger partial charge in [0.15, 0.2) is 11.9 Å². The number of fused-ring (bicyclic) bond motifs is 4. The molecule has 4 N–H and O–H groups in total. The molecule has 1 aliphatic carbocycles. The Labute approximate surface area is 432 Å². The van der Waals surface area contributed by atoms with E-state index in [1.165, 1.54) is 21.4 Å². The van der Waals surface area contributed by atoms with Gasteiger partial charge in [0, 0.05) is 55.6 Å². The van der Waals surface area contributed by atoms with Crippen molar-refractivity contribution < 1.29 is 33.8 Å². The molecule has 0 bridgehead atoms. The Balaban J connectivity index is 0.787. The van der Waals surface area contributed by atoms with Crippen LogP contribution in [0.1, 0.15) is 103 Å². The number of nitrogens with one attached hydrogen (secondary N) is 3. The molecule has 0 spiro atoms. The number of halogens is 1. The fourth-order valence-electron chi connectivity index (χ4n) is 9.94. The second-order valence-electron chi connectivity index (χ2n) is 20.2. The maximum absolute atomic E-state index is 14.4. The van der Waals surface area contributed by atoms with Crippen LogP contribution < -0.4 is 25.4 Å². The first-order valence-corrected chi connectivity index (χ1v) is 26.4. The van der Waals surface area contributed by atoms with E-state index in [2.05, 4.69) is 58.4 Å². The Hall–Kier alpha value is -6.42. The van der Waals surface area contributed by atoms with E-state index in [0.29, 0.717) is 16.5 Å². The van der Waals surface area contributed by atoms with Gasteiger partial charge < -0.3 is 30.5 Å². The third kappa shape index (κ3) is 10.4. The SMILES string of the molecule is CC1=NN=C2C1c1sc(C)c(C)c1C(c1ccc(Cl)cc1)=N[C@H]2CC(=O)NCCOc1ccc2c(c1)OC(C(=O)N[C@H](C(=O)C1CC(O)=C[C@H]1C(=O)N[C@@H](C)c1ccc(-c3sccc3C)cc1)C(C)(C)C)C2. The number of amides is 3. The summed E-state index contributed by atoms with van der Waals surface area (Å²) in [6, 6.07) is 21.2. The number of aliphatic hydroxyl groups excluding tert-OH is 1. The highest BCUT2D eigenvalue weighted by Crippen LogP contribution is 2.42. The minimum Gasteiger partial charge on any atom is -0.513 e. The summed E-state index contributed by atoms with van der Waals surface area (Å²) in [5, 5.41) is 31.4. The highest BCUT2D eigenvalue weighted by molar-refractivity contribution is 7.13. The van der Waals surface area contributed by atoms with Crippen LogP contribution in [0.3, 0.4) is 0 Å². The third-order valence-corrected chi connectivity index (χ3v) is 16.6. The van der Waals surface area contributed by atoms with Crippen LogP contribution in [0.2, 0.25) is 5.02 Å². The fraction of sp³-hybridized carbons (Fsp3) is 0.375. The molecule has 7 atom stereocenters. The summed E-state index contributed by atoms with van der Waals surface area (Å²) in [6.45, 7) is 16.1. The fourth-order valence-corrected chi connectivity index (χ4v) is 12.3. The van der Waals surface area contributed by atoms with Crippen molar-refractivity contribution in [3.63, 3.8) is 0 Å². The summed E-state index contributed by atoms with van der Waals surface area (Å²) in [4.78, 5) is 64.5. The molecular weight excluding hydrogens is 968 g/mol. The lowest BCUT2D eigenvalue weighted by Gasteiger charge is -2.34. The van der Waals surface area contributed by atoms with Crippen LogP contribution in [0.5, 0.6) is 11.5 Å². The van der Waals surface area contributed by atoms with Crippen LogP contribution in [0.4, 0.5) is 0 Å². The minimum absolute atomic E-state index is 0.0111. The first-order chi connectivity index (χ1) is 34.3. The normalized spacial score (nSPS) is 20.8. The number of allylic oxidation sites excluding steroid dienone is 1. The Morgan fingerprint density at radius 1 is 0.917 bits per heavy atom. The average molecular weight is 1030 g/mol. The Bertz CT molecular complexity index is 3070. The summed E-state index contributed by atoms with van der Waals surface area (Å²) < 4.78 is 12.2. The van der Waals surface area contributed by atoms with Crippen molar-refractivity contribution in [1.29, 1.82) is 0 Å². The van der Waals surface area contributed by atoms with E-state index in [1.807, 2.05) is 89.2 Å². The second-order valence-corrected chi connectivity index (χ2v) is 22.8. The summed E-state index contributed by atoms with van der Waals surface area (Å²) in [7, 11) is 0. The first kappa shape index (κ1) is 50.5. The summed E-state index contributed by atoms with van der Waals surface area (Å²) in [6.07, 6.45) is 0.867. The van der Waals surface area contributed by atoms with Crippen LogP contribution in [0.25, 0.3) is 10.4 Å². The number of hydrogen-bond acceptors (Lipinski definition) is 12. The summed E-state index contributed by atoms with van der Waals surface area (Å²) in [5.74, 6) is -2.42. The first-order valence-electron chi connectivity index (χ1n) is 24.3. The van der Waals surface area contributed by atoms with E-state index in [9.17, 15) is 24.3 Å². The molecule has 3 amide bonds. The third-order valence-electron chi connectivity index (χ3n) is 14.0. The van der Waals surface area contributed by atoms with Crippen molar-refractivity contribution in [2.24, 2.45) is 32.4 Å². The quantitative estimate of drug-likeness (QED) is 0.0754. The molecule has 5 aromatic rings. The molecule has 3 aliphatic heterocycles. The van der Waals surface area contributed by atoms with E-state index >= 15 is 0 Å². The number of carbonyl (C=O) groups is 4. The maximum atomic E-state index is 14.4. The van der Waals surface area contributed by atoms with Gasteiger partial charge in [-0.2, -0.15) is 10.2 Å². The van der Waals surface area contributed by atoms with E-state index in [1.54, 1.807) is 34.8 Å². The van der Waals surface area contributed by atoms with Crippen molar-refractivity contribution in [3.05, 3.63) is 138 Å². The molecule has 4 aliphatic rings. The smallest absolute Gasteiger partial charge is 0.262 e. The molecule has 2 aromatic heterocycles. The molecule has 16 heteroatoms. The molecule has 374 valence electrons. The van der Waals surface area contributed by atoms with Crippen LogP contribution in [0.15, 0.2) is 105 Å². The lowest BCUT2D eigenvalue weighted by atomic mass is 9.77. The number of thiophene rings is 2. The zero-order valence-electron chi connectivity index (χ0n) is 41.6. The number of ether oxygens (including phenoxy) is 2. The van der Waals surface area contributed by atoms with Crippen molar-refractivity contribution in [3.8, 4) is 21.9 Å². The number of hydrogen-bond donors (Lipinski definition) is 4. The van der Waals surface area contributed by atoms with Gasteiger partial charge in [0.25, 0.3) is 5.91 Å². The highest BCUT2D eigenvalue weighted by Gasteiger charge is 2.46. The highest BCUT2D eigenvalue weighted by atomic mass is 35.5. The average Bonchev–Trinajstić information content (AvgIpc) is 4.18. The van der Waals surface area contributed by atoms with E-state index in [4.69, 9.17) is 26.1 Å². The number of aryl methyl sites for hydroxylation is 2. The Kier molecular flexibility index (Phi) is 14.5. The van der Waals surface area contributed by atoms with E-state index < -0.39 is 41.3 Å². The van der Waals surface area contributed by atoms with Gasteiger partial charge in [-0.25, -0.2) is 0 Å². The maximum Gasteiger partial charge on any atom is 0.262 e. The Morgan fingerprint density at radius 3 is 2.36 bits per heavy atom. The van der Waals surface area contributed by atoms with Gasteiger partial charge >= 0.3 is 0 Å². The summed E-state index contributed by atoms with van der Waals surface area (Å²) >= 11 is 9.67. The molecule has 9 rings (SSSR count). The number of ketones is 1. The molecule has 72 heavy (non-hydrogen) atoms. The number of aliphatic hydroxyl groups is 1. The number of carbonyl (C=O) groups excluding carboxylic acids is 4. The number of benzene rings is 3. The molecular formula is C56H59ClN6O7S2. The van der Waals surface area contributed by atoms with Crippen LogP contribution in [0, 0.1) is 38.0 Å². The van der Waals surface area contributed by atoms with Gasteiger partial charge in [-0.1, -0.05) is 74.8 Å². The van der Waals surface area contributed by atoms with Gasteiger partial charge in [0.1, 0.15) is 24.1 Å². The Morgan fingerprint density at radius 2 is 1.65 bits per heavy atom. The van der Waals surface area contributed by atoms with Crippen molar-refractivity contribution in [2.75, 3.05) is 13.2 Å².